The highest BCUT2D eigenvalue weighted by Crippen LogP contribution is 2.08. The summed E-state index contributed by atoms with van der Waals surface area (Å²) in [5.74, 6) is -2.51. The number of nitrogens with zero attached hydrogens (tertiary/aromatic N) is 4. The molecule has 0 saturated heterocycles. The number of carboxylic acids is 2. The number of para-hydroxylation sites is 1. The summed E-state index contributed by atoms with van der Waals surface area (Å²) < 4.78 is 4.79. The Morgan fingerprint density at radius 2 is 1.72 bits per heavy atom. The average molecular weight is 400 g/mol. The zero-order valence-corrected chi connectivity index (χ0v) is 15.6. The summed E-state index contributed by atoms with van der Waals surface area (Å²) in [6, 6.07) is 7.22. The van der Waals surface area contributed by atoms with E-state index in [1.807, 2.05) is 29.0 Å². The molecule has 0 spiro atoms. The SMILES string of the molecule is Cn1c(=O)c2ccccc2n(CCCn2ccnc2)c1=O.O=C(O)/C=C/C(=O)O. The first-order valence-corrected chi connectivity index (χ1v) is 8.59. The van der Waals surface area contributed by atoms with Crippen LogP contribution in [0.25, 0.3) is 10.9 Å². The number of carboxylic acid groups (broad SMARTS) is 2. The van der Waals surface area contributed by atoms with E-state index in [0.29, 0.717) is 29.6 Å². The van der Waals surface area contributed by atoms with Gasteiger partial charge in [0.05, 0.1) is 17.2 Å². The Balaban J connectivity index is 0.000000321. The van der Waals surface area contributed by atoms with Gasteiger partial charge in [0, 0.05) is 44.7 Å². The first kappa shape index (κ1) is 21.4. The number of aryl methyl sites for hydroxylation is 2. The number of benzene rings is 1. The van der Waals surface area contributed by atoms with Crippen molar-refractivity contribution in [3.8, 4) is 0 Å². The summed E-state index contributed by atoms with van der Waals surface area (Å²) in [5.41, 5.74) is 0.169. The molecule has 0 fully saturated rings. The normalized spacial score (nSPS) is 10.7. The molecule has 10 heteroatoms. The van der Waals surface area contributed by atoms with Crippen molar-refractivity contribution in [3.63, 3.8) is 0 Å². The highest BCUT2D eigenvalue weighted by Gasteiger charge is 2.09. The van der Waals surface area contributed by atoms with Crippen molar-refractivity contribution in [3.05, 3.63) is 76.0 Å². The Morgan fingerprint density at radius 3 is 2.31 bits per heavy atom. The summed E-state index contributed by atoms with van der Waals surface area (Å²) in [4.78, 5) is 47.5. The zero-order chi connectivity index (χ0) is 21.4. The van der Waals surface area contributed by atoms with E-state index < -0.39 is 11.9 Å². The van der Waals surface area contributed by atoms with E-state index in [0.717, 1.165) is 13.0 Å². The molecule has 2 heterocycles. The Morgan fingerprint density at radius 1 is 1.07 bits per heavy atom. The lowest BCUT2D eigenvalue weighted by Crippen LogP contribution is -2.38. The second-order valence-electron chi connectivity index (χ2n) is 5.98. The van der Waals surface area contributed by atoms with Gasteiger partial charge in [-0.25, -0.2) is 19.4 Å². The van der Waals surface area contributed by atoms with Crippen molar-refractivity contribution in [1.82, 2.24) is 18.7 Å². The fourth-order valence-electron chi connectivity index (χ4n) is 2.63. The average Bonchev–Trinajstić information content (AvgIpc) is 3.21. The Bertz CT molecular complexity index is 1130. The van der Waals surface area contributed by atoms with E-state index in [2.05, 4.69) is 4.98 Å². The van der Waals surface area contributed by atoms with Crippen molar-refractivity contribution in [2.45, 2.75) is 19.5 Å². The van der Waals surface area contributed by atoms with E-state index in [1.54, 1.807) is 23.2 Å². The molecule has 2 aromatic heterocycles. The number of fused-ring (bicyclic) bond motifs is 1. The minimum Gasteiger partial charge on any atom is -0.478 e. The van der Waals surface area contributed by atoms with E-state index in [-0.39, 0.29) is 11.2 Å². The van der Waals surface area contributed by atoms with Gasteiger partial charge < -0.3 is 14.8 Å². The summed E-state index contributed by atoms with van der Waals surface area (Å²) in [6.07, 6.45) is 7.28. The maximum absolute atomic E-state index is 12.3. The second kappa shape index (κ2) is 9.83. The molecule has 1 aromatic carbocycles. The molecule has 0 radical (unpaired) electrons. The summed E-state index contributed by atoms with van der Waals surface area (Å²) in [7, 11) is 1.52. The largest absolute Gasteiger partial charge is 0.478 e. The summed E-state index contributed by atoms with van der Waals surface area (Å²) >= 11 is 0. The maximum atomic E-state index is 12.3. The highest BCUT2D eigenvalue weighted by molar-refractivity contribution is 5.89. The van der Waals surface area contributed by atoms with Crippen LogP contribution in [0, 0.1) is 0 Å². The first-order valence-electron chi connectivity index (χ1n) is 8.59. The number of aliphatic carboxylic acids is 2. The van der Waals surface area contributed by atoms with Gasteiger partial charge in [-0.1, -0.05) is 12.1 Å². The lowest BCUT2D eigenvalue weighted by molar-refractivity contribution is -0.134. The van der Waals surface area contributed by atoms with Crippen LogP contribution in [0.2, 0.25) is 0 Å². The van der Waals surface area contributed by atoms with Gasteiger partial charge >= 0.3 is 17.6 Å². The lowest BCUT2D eigenvalue weighted by Gasteiger charge is -2.12. The van der Waals surface area contributed by atoms with Crippen molar-refractivity contribution >= 4 is 22.8 Å². The Kier molecular flexibility index (Phi) is 7.24. The molecule has 0 aliphatic rings. The van der Waals surface area contributed by atoms with E-state index in [1.165, 1.54) is 11.6 Å². The molecule has 0 atom stereocenters. The van der Waals surface area contributed by atoms with Gasteiger partial charge in [-0.3, -0.25) is 13.9 Å². The van der Waals surface area contributed by atoms with Crippen LogP contribution in [0.4, 0.5) is 0 Å². The molecule has 3 rings (SSSR count). The number of rotatable bonds is 6. The molecular weight excluding hydrogens is 380 g/mol. The van der Waals surface area contributed by atoms with Crippen molar-refractivity contribution in [1.29, 1.82) is 0 Å². The van der Waals surface area contributed by atoms with Crippen LogP contribution in [0.1, 0.15) is 6.42 Å². The predicted molar refractivity (Wildman–Crippen MR) is 105 cm³/mol. The van der Waals surface area contributed by atoms with Crippen LogP contribution in [0.15, 0.2) is 64.7 Å². The van der Waals surface area contributed by atoms with Crippen molar-refractivity contribution in [2.75, 3.05) is 0 Å². The third-order valence-electron chi connectivity index (χ3n) is 3.97. The van der Waals surface area contributed by atoms with Gasteiger partial charge in [-0.2, -0.15) is 0 Å². The predicted octanol–water partition coefficient (Wildman–Crippen LogP) is 0.699. The Labute approximate surface area is 164 Å². The maximum Gasteiger partial charge on any atom is 0.331 e. The molecule has 0 aliphatic heterocycles. The minimum absolute atomic E-state index is 0.249. The zero-order valence-electron chi connectivity index (χ0n) is 15.6. The molecular formula is C19H20N4O6. The van der Waals surface area contributed by atoms with Gasteiger partial charge in [-0.05, 0) is 18.6 Å². The third kappa shape index (κ3) is 5.76. The number of imidazole rings is 1. The molecule has 0 amide bonds. The Hall–Kier alpha value is -3.95. The topological polar surface area (TPSA) is 136 Å². The summed E-state index contributed by atoms with van der Waals surface area (Å²) in [5, 5.41) is 16.2. The minimum atomic E-state index is -1.26. The van der Waals surface area contributed by atoms with Gasteiger partial charge in [0.25, 0.3) is 5.56 Å². The quantitative estimate of drug-likeness (QED) is 0.581. The van der Waals surface area contributed by atoms with Crippen LogP contribution < -0.4 is 11.2 Å². The van der Waals surface area contributed by atoms with Crippen LogP contribution in [0.5, 0.6) is 0 Å². The van der Waals surface area contributed by atoms with Crippen LogP contribution >= 0.6 is 0 Å². The van der Waals surface area contributed by atoms with Gasteiger partial charge in [0.15, 0.2) is 0 Å². The smallest absolute Gasteiger partial charge is 0.331 e. The molecule has 29 heavy (non-hydrogen) atoms. The third-order valence-corrected chi connectivity index (χ3v) is 3.97. The van der Waals surface area contributed by atoms with E-state index in [9.17, 15) is 19.2 Å². The second-order valence-corrected chi connectivity index (χ2v) is 5.98. The van der Waals surface area contributed by atoms with Crippen molar-refractivity contribution in [2.24, 2.45) is 7.05 Å². The summed E-state index contributed by atoms with van der Waals surface area (Å²) in [6.45, 7) is 1.34. The molecule has 0 aliphatic carbocycles. The monoisotopic (exact) mass is 400 g/mol. The van der Waals surface area contributed by atoms with E-state index in [4.69, 9.17) is 10.2 Å². The number of hydrogen-bond donors (Lipinski definition) is 2. The number of aromatic nitrogens is 4. The van der Waals surface area contributed by atoms with Gasteiger partial charge in [-0.15, -0.1) is 0 Å². The van der Waals surface area contributed by atoms with Gasteiger partial charge in [0.1, 0.15) is 0 Å². The molecule has 3 aromatic rings. The van der Waals surface area contributed by atoms with Crippen LogP contribution in [-0.2, 0) is 29.7 Å². The standard InChI is InChI=1S/C15H16N4O2.C4H4O4/c1-17-14(20)12-5-2-3-6-13(12)19(15(17)21)9-4-8-18-10-7-16-11-18;5-3(6)1-2-4(7)8/h2-3,5-7,10-11H,4,8-9H2,1H3;1-2H,(H,5,6)(H,7,8)/b;2-1+. The first-order chi connectivity index (χ1) is 13.8. The molecule has 0 bridgehead atoms. The number of carbonyl (C=O) groups is 2. The fraction of sp³-hybridized carbons (Fsp3) is 0.211. The van der Waals surface area contributed by atoms with Crippen molar-refractivity contribution < 1.29 is 19.8 Å². The van der Waals surface area contributed by atoms with Crippen LogP contribution in [0.3, 0.4) is 0 Å². The van der Waals surface area contributed by atoms with E-state index >= 15 is 0 Å². The molecule has 0 unspecified atom stereocenters. The molecule has 10 nitrogen and oxygen atoms in total. The van der Waals surface area contributed by atoms with Gasteiger partial charge in [0.2, 0.25) is 0 Å². The highest BCUT2D eigenvalue weighted by atomic mass is 16.4. The van der Waals surface area contributed by atoms with Crippen LogP contribution in [-0.4, -0.2) is 40.8 Å². The molecule has 0 saturated carbocycles. The lowest BCUT2D eigenvalue weighted by atomic mass is 10.2. The fourth-order valence-corrected chi connectivity index (χ4v) is 2.63. The number of hydrogen-bond acceptors (Lipinski definition) is 5. The molecule has 2 N–H and O–H groups in total. The molecule has 152 valence electrons.